The van der Waals surface area contributed by atoms with Gasteiger partial charge in [0.05, 0.1) is 13.2 Å². The molecule has 1 unspecified atom stereocenters. The number of carbonyl (C=O) groups excluding carboxylic acids is 1. The van der Waals surface area contributed by atoms with E-state index in [0.717, 1.165) is 25.2 Å². The summed E-state index contributed by atoms with van der Waals surface area (Å²) in [7, 11) is 3.43. The molecule has 0 N–H and O–H groups in total. The third-order valence-electron chi connectivity index (χ3n) is 3.19. The monoisotopic (exact) mass is 249 g/mol. The first-order valence-corrected chi connectivity index (χ1v) is 6.22. The molecule has 0 radical (unpaired) electrons. The number of amides is 1. The minimum atomic E-state index is 0.0214. The first-order valence-electron chi connectivity index (χ1n) is 6.22. The lowest BCUT2D eigenvalue weighted by molar-refractivity contribution is 0.0587. The molecular weight excluding hydrogens is 230 g/mol. The maximum absolute atomic E-state index is 12.2. The Morgan fingerprint density at radius 2 is 2.17 bits per heavy atom. The minimum absolute atomic E-state index is 0.0214. The number of hydrogen-bond donors (Lipinski definition) is 0. The van der Waals surface area contributed by atoms with Crippen molar-refractivity contribution >= 4 is 5.91 Å². The first-order chi connectivity index (χ1) is 8.70. The van der Waals surface area contributed by atoms with Gasteiger partial charge in [0.15, 0.2) is 0 Å². The van der Waals surface area contributed by atoms with Crippen molar-refractivity contribution in [1.29, 1.82) is 0 Å². The maximum atomic E-state index is 12.2. The van der Waals surface area contributed by atoms with Crippen molar-refractivity contribution in [3.63, 3.8) is 0 Å². The molecule has 1 aromatic carbocycles. The standard InChI is InChI=1S/C14H19NO3/c1-15(10-13-4-3-9-18-13)14(16)11-5-7-12(17-2)8-6-11/h5-8,13H,3-4,9-10H2,1-2H3. The van der Waals surface area contributed by atoms with Crippen molar-refractivity contribution in [3.8, 4) is 5.75 Å². The Morgan fingerprint density at radius 3 is 2.72 bits per heavy atom. The minimum Gasteiger partial charge on any atom is -0.497 e. The fourth-order valence-electron chi connectivity index (χ4n) is 2.13. The number of nitrogens with zero attached hydrogens (tertiary/aromatic N) is 1. The SMILES string of the molecule is COc1ccc(C(=O)N(C)CC2CCCO2)cc1. The molecule has 1 amide bonds. The zero-order chi connectivity index (χ0) is 13.0. The Hall–Kier alpha value is -1.55. The molecule has 0 spiro atoms. The molecule has 1 aliphatic rings. The van der Waals surface area contributed by atoms with Gasteiger partial charge in [0, 0.05) is 25.8 Å². The summed E-state index contributed by atoms with van der Waals surface area (Å²) in [6, 6.07) is 7.17. The van der Waals surface area contributed by atoms with Crippen LogP contribution in [0.2, 0.25) is 0 Å². The maximum Gasteiger partial charge on any atom is 0.253 e. The molecule has 98 valence electrons. The van der Waals surface area contributed by atoms with Gasteiger partial charge in [-0.25, -0.2) is 0 Å². The van der Waals surface area contributed by atoms with E-state index in [1.807, 2.05) is 7.05 Å². The van der Waals surface area contributed by atoms with E-state index < -0.39 is 0 Å². The van der Waals surface area contributed by atoms with Crippen LogP contribution in [-0.4, -0.2) is 44.2 Å². The lowest BCUT2D eigenvalue weighted by atomic mass is 10.1. The van der Waals surface area contributed by atoms with E-state index in [0.29, 0.717) is 12.1 Å². The van der Waals surface area contributed by atoms with Crippen LogP contribution in [0.5, 0.6) is 5.75 Å². The van der Waals surface area contributed by atoms with E-state index in [2.05, 4.69) is 0 Å². The Kier molecular flexibility index (Phi) is 4.20. The second-order valence-corrected chi connectivity index (χ2v) is 4.55. The lowest BCUT2D eigenvalue weighted by Crippen LogP contribution is -2.34. The largest absolute Gasteiger partial charge is 0.497 e. The lowest BCUT2D eigenvalue weighted by Gasteiger charge is -2.20. The van der Waals surface area contributed by atoms with Crippen LogP contribution in [-0.2, 0) is 4.74 Å². The van der Waals surface area contributed by atoms with Gasteiger partial charge in [-0.1, -0.05) is 0 Å². The van der Waals surface area contributed by atoms with Crippen LogP contribution in [0.3, 0.4) is 0 Å². The number of benzene rings is 1. The van der Waals surface area contributed by atoms with E-state index in [4.69, 9.17) is 9.47 Å². The van der Waals surface area contributed by atoms with E-state index in [9.17, 15) is 4.79 Å². The molecule has 18 heavy (non-hydrogen) atoms. The van der Waals surface area contributed by atoms with E-state index in [-0.39, 0.29) is 12.0 Å². The van der Waals surface area contributed by atoms with Gasteiger partial charge < -0.3 is 14.4 Å². The normalized spacial score (nSPS) is 18.7. The predicted molar refractivity (Wildman–Crippen MR) is 68.9 cm³/mol. The van der Waals surface area contributed by atoms with Gasteiger partial charge >= 0.3 is 0 Å². The highest BCUT2D eigenvalue weighted by molar-refractivity contribution is 5.94. The number of hydrogen-bond acceptors (Lipinski definition) is 3. The number of carbonyl (C=O) groups is 1. The summed E-state index contributed by atoms with van der Waals surface area (Å²) >= 11 is 0. The van der Waals surface area contributed by atoms with Crippen LogP contribution < -0.4 is 4.74 Å². The zero-order valence-corrected chi connectivity index (χ0v) is 10.9. The fraction of sp³-hybridized carbons (Fsp3) is 0.500. The number of rotatable bonds is 4. The molecule has 2 rings (SSSR count). The van der Waals surface area contributed by atoms with Crippen molar-refractivity contribution in [2.24, 2.45) is 0 Å². The molecule has 4 heteroatoms. The molecular formula is C14H19NO3. The number of methoxy groups -OCH3 is 1. The summed E-state index contributed by atoms with van der Waals surface area (Å²) in [5.41, 5.74) is 0.677. The molecule has 1 heterocycles. The predicted octanol–water partition coefficient (Wildman–Crippen LogP) is 1.95. The van der Waals surface area contributed by atoms with E-state index in [1.165, 1.54) is 0 Å². The zero-order valence-electron chi connectivity index (χ0n) is 10.9. The van der Waals surface area contributed by atoms with Crippen LogP contribution >= 0.6 is 0 Å². The smallest absolute Gasteiger partial charge is 0.253 e. The van der Waals surface area contributed by atoms with Gasteiger partial charge in [0.25, 0.3) is 5.91 Å². The van der Waals surface area contributed by atoms with Crippen LogP contribution in [0, 0.1) is 0 Å². The number of likely N-dealkylation sites (N-methyl/N-ethyl adjacent to an activating group) is 1. The summed E-state index contributed by atoms with van der Waals surface area (Å²) in [6.07, 6.45) is 2.33. The Balaban J connectivity index is 1.95. The molecule has 0 saturated carbocycles. The summed E-state index contributed by atoms with van der Waals surface area (Å²) in [5.74, 6) is 0.779. The molecule has 1 aromatic rings. The molecule has 1 fully saturated rings. The van der Waals surface area contributed by atoms with Crippen LogP contribution in [0.4, 0.5) is 0 Å². The van der Waals surface area contributed by atoms with Crippen LogP contribution in [0.25, 0.3) is 0 Å². The molecule has 1 saturated heterocycles. The molecule has 1 aliphatic heterocycles. The van der Waals surface area contributed by atoms with Crippen LogP contribution in [0.1, 0.15) is 23.2 Å². The average Bonchev–Trinajstić information content (AvgIpc) is 2.91. The summed E-state index contributed by atoms with van der Waals surface area (Å²) in [5, 5.41) is 0. The second-order valence-electron chi connectivity index (χ2n) is 4.55. The average molecular weight is 249 g/mol. The quantitative estimate of drug-likeness (QED) is 0.818. The first kappa shape index (κ1) is 12.9. The van der Waals surface area contributed by atoms with Crippen molar-refractivity contribution in [2.75, 3.05) is 27.3 Å². The third kappa shape index (κ3) is 3.01. The highest BCUT2D eigenvalue weighted by atomic mass is 16.5. The Bertz CT molecular complexity index is 396. The van der Waals surface area contributed by atoms with Crippen molar-refractivity contribution in [3.05, 3.63) is 29.8 Å². The highest BCUT2D eigenvalue weighted by Crippen LogP contribution is 2.16. The van der Waals surface area contributed by atoms with E-state index in [1.54, 1.807) is 36.3 Å². The molecule has 0 bridgehead atoms. The van der Waals surface area contributed by atoms with Crippen molar-refractivity contribution in [2.45, 2.75) is 18.9 Å². The fourth-order valence-corrected chi connectivity index (χ4v) is 2.13. The van der Waals surface area contributed by atoms with Crippen LogP contribution in [0.15, 0.2) is 24.3 Å². The van der Waals surface area contributed by atoms with E-state index >= 15 is 0 Å². The van der Waals surface area contributed by atoms with Gasteiger partial charge in [0.1, 0.15) is 5.75 Å². The molecule has 0 aliphatic carbocycles. The Morgan fingerprint density at radius 1 is 1.44 bits per heavy atom. The molecule has 4 nitrogen and oxygen atoms in total. The summed E-state index contributed by atoms with van der Waals surface area (Å²) in [4.78, 5) is 13.9. The van der Waals surface area contributed by atoms with Gasteiger partial charge in [0.2, 0.25) is 0 Å². The Labute approximate surface area is 107 Å². The van der Waals surface area contributed by atoms with Crippen molar-refractivity contribution in [1.82, 2.24) is 4.90 Å². The van der Waals surface area contributed by atoms with Crippen molar-refractivity contribution < 1.29 is 14.3 Å². The number of ether oxygens (including phenoxy) is 2. The molecule has 1 atom stereocenters. The van der Waals surface area contributed by atoms with Gasteiger partial charge in [-0.15, -0.1) is 0 Å². The second kappa shape index (κ2) is 5.87. The molecule has 0 aromatic heterocycles. The highest BCUT2D eigenvalue weighted by Gasteiger charge is 2.20. The third-order valence-corrected chi connectivity index (χ3v) is 3.19. The van der Waals surface area contributed by atoms with Gasteiger partial charge in [-0.2, -0.15) is 0 Å². The summed E-state index contributed by atoms with van der Waals surface area (Å²) in [6.45, 7) is 1.47. The summed E-state index contributed by atoms with van der Waals surface area (Å²) < 4.78 is 10.6. The van der Waals surface area contributed by atoms with Gasteiger partial charge in [-0.3, -0.25) is 4.79 Å². The van der Waals surface area contributed by atoms with Gasteiger partial charge in [-0.05, 0) is 37.1 Å². The topological polar surface area (TPSA) is 38.8 Å².